The fraction of sp³-hybridized carbons (Fsp3) is 0.533. The van der Waals surface area contributed by atoms with Gasteiger partial charge in [0, 0.05) is 19.3 Å². The summed E-state index contributed by atoms with van der Waals surface area (Å²) in [6, 6.07) is 1.90. The summed E-state index contributed by atoms with van der Waals surface area (Å²) in [7, 11) is 0. The number of carbonyl (C=O) groups excluding carboxylic acids is 1. The minimum absolute atomic E-state index is 0.149. The molecule has 0 amide bonds. The van der Waals surface area contributed by atoms with Crippen LogP contribution in [-0.2, 0) is 9.47 Å². The van der Waals surface area contributed by atoms with Gasteiger partial charge in [-0.05, 0) is 26.8 Å². The molecule has 0 N–H and O–H groups in total. The fourth-order valence-corrected chi connectivity index (χ4v) is 2.75. The molecular formula is C15H20N4O3. The number of nitrogens with zero attached hydrogens (tertiary/aromatic N) is 4. The molecular weight excluding hydrogens is 284 g/mol. The molecule has 2 aromatic rings. The molecule has 0 saturated carbocycles. The van der Waals surface area contributed by atoms with Crippen LogP contribution in [0.3, 0.4) is 0 Å². The summed E-state index contributed by atoms with van der Waals surface area (Å²) in [6.07, 6.45) is 3.60. The Morgan fingerprint density at radius 1 is 1.41 bits per heavy atom. The van der Waals surface area contributed by atoms with E-state index >= 15 is 0 Å². The van der Waals surface area contributed by atoms with Crippen LogP contribution >= 0.6 is 0 Å². The number of esters is 1. The second kappa shape index (κ2) is 5.92. The zero-order valence-corrected chi connectivity index (χ0v) is 13.0. The van der Waals surface area contributed by atoms with Crippen LogP contribution in [0.5, 0.6) is 0 Å². The highest BCUT2D eigenvalue weighted by Gasteiger charge is 2.24. The van der Waals surface area contributed by atoms with E-state index in [2.05, 4.69) is 15.0 Å². The highest BCUT2D eigenvalue weighted by molar-refractivity contribution is 5.95. The Labute approximate surface area is 128 Å². The highest BCUT2D eigenvalue weighted by Crippen LogP contribution is 2.20. The van der Waals surface area contributed by atoms with Crippen LogP contribution in [0.1, 0.15) is 31.1 Å². The third kappa shape index (κ3) is 2.76. The van der Waals surface area contributed by atoms with Gasteiger partial charge in [0.2, 0.25) is 0 Å². The predicted molar refractivity (Wildman–Crippen MR) is 81.2 cm³/mol. The third-order valence-corrected chi connectivity index (χ3v) is 3.59. The predicted octanol–water partition coefficient (Wildman–Crippen LogP) is 1.52. The van der Waals surface area contributed by atoms with Crippen LogP contribution in [-0.4, -0.2) is 52.5 Å². The van der Waals surface area contributed by atoms with Crippen LogP contribution in [0, 0.1) is 0 Å². The molecule has 0 spiro atoms. The van der Waals surface area contributed by atoms with Crippen LogP contribution in [0.2, 0.25) is 0 Å². The number of morpholine rings is 1. The van der Waals surface area contributed by atoms with Gasteiger partial charge in [0.15, 0.2) is 5.65 Å². The largest absolute Gasteiger partial charge is 0.462 e. The zero-order valence-electron chi connectivity index (χ0n) is 13.0. The van der Waals surface area contributed by atoms with Crippen molar-refractivity contribution in [3.8, 4) is 0 Å². The van der Waals surface area contributed by atoms with Gasteiger partial charge >= 0.3 is 5.97 Å². The van der Waals surface area contributed by atoms with Crippen molar-refractivity contribution in [3.63, 3.8) is 0 Å². The van der Waals surface area contributed by atoms with Gasteiger partial charge in [0.1, 0.15) is 11.4 Å². The number of hydrogen-bond acceptors (Lipinski definition) is 6. The van der Waals surface area contributed by atoms with Crippen LogP contribution in [0.25, 0.3) is 5.65 Å². The van der Waals surface area contributed by atoms with Crippen molar-refractivity contribution in [3.05, 3.63) is 24.0 Å². The molecule has 2 unspecified atom stereocenters. The molecule has 2 atom stereocenters. The Morgan fingerprint density at radius 2 is 2.14 bits per heavy atom. The van der Waals surface area contributed by atoms with Crippen LogP contribution in [0.15, 0.2) is 18.5 Å². The highest BCUT2D eigenvalue weighted by atomic mass is 16.5. The molecule has 0 aliphatic carbocycles. The van der Waals surface area contributed by atoms with Crippen molar-refractivity contribution in [1.29, 1.82) is 0 Å². The smallest absolute Gasteiger partial charge is 0.343 e. The first kappa shape index (κ1) is 14.8. The number of fused-ring (bicyclic) bond motifs is 1. The first-order valence-corrected chi connectivity index (χ1v) is 7.50. The van der Waals surface area contributed by atoms with Gasteiger partial charge in [-0.1, -0.05) is 0 Å². The van der Waals surface area contributed by atoms with E-state index in [4.69, 9.17) is 9.47 Å². The summed E-state index contributed by atoms with van der Waals surface area (Å²) >= 11 is 0. The van der Waals surface area contributed by atoms with Gasteiger partial charge in [-0.25, -0.2) is 14.3 Å². The Kier molecular flexibility index (Phi) is 3.98. The summed E-state index contributed by atoms with van der Waals surface area (Å²) in [4.78, 5) is 18.7. The molecule has 0 bridgehead atoms. The van der Waals surface area contributed by atoms with E-state index in [1.807, 2.05) is 26.1 Å². The molecule has 22 heavy (non-hydrogen) atoms. The summed E-state index contributed by atoms with van der Waals surface area (Å²) in [5.41, 5.74) is 0.904. The maximum atomic E-state index is 12.0. The van der Waals surface area contributed by atoms with Crippen molar-refractivity contribution < 1.29 is 14.3 Å². The molecule has 7 nitrogen and oxygen atoms in total. The zero-order chi connectivity index (χ0) is 15.7. The normalized spacial score (nSPS) is 22.0. The minimum atomic E-state index is -0.397. The summed E-state index contributed by atoms with van der Waals surface area (Å²) in [5.74, 6) is 0.423. The van der Waals surface area contributed by atoms with E-state index in [1.165, 1.54) is 6.20 Å². The average molecular weight is 304 g/mol. The summed E-state index contributed by atoms with van der Waals surface area (Å²) in [5, 5.41) is 4.15. The molecule has 0 aromatic carbocycles. The minimum Gasteiger partial charge on any atom is -0.462 e. The van der Waals surface area contributed by atoms with E-state index in [-0.39, 0.29) is 12.2 Å². The Bertz CT molecular complexity index is 674. The molecule has 1 saturated heterocycles. The first-order valence-electron chi connectivity index (χ1n) is 7.50. The Hall–Kier alpha value is -2.15. The molecule has 7 heteroatoms. The number of aromatic nitrogens is 3. The third-order valence-electron chi connectivity index (χ3n) is 3.59. The van der Waals surface area contributed by atoms with Gasteiger partial charge in [0.25, 0.3) is 0 Å². The standard InChI is InChI=1S/C15H20N4O3/c1-4-21-15(20)12-7-16-19-6-5-13(17-14(12)19)18-8-10(2)22-11(3)9-18/h5-7,10-11H,4,8-9H2,1-3H3. The molecule has 118 valence electrons. The van der Waals surface area contributed by atoms with Gasteiger partial charge in [-0.2, -0.15) is 5.10 Å². The van der Waals surface area contributed by atoms with Crippen molar-refractivity contribution in [1.82, 2.24) is 14.6 Å². The summed E-state index contributed by atoms with van der Waals surface area (Å²) < 4.78 is 12.4. The molecule has 0 radical (unpaired) electrons. The van der Waals surface area contributed by atoms with Gasteiger partial charge < -0.3 is 14.4 Å². The second-order valence-electron chi connectivity index (χ2n) is 5.49. The Morgan fingerprint density at radius 3 is 2.82 bits per heavy atom. The number of hydrogen-bond donors (Lipinski definition) is 0. The fourth-order valence-electron chi connectivity index (χ4n) is 2.75. The molecule has 1 aliphatic heterocycles. The number of rotatable bonds is 3. The SMILES string of the molecule is CCOC(=O)c1cnn2ccc(N3CC(C)OC(C)C3)nc12. The lowest BCUT2D eigenvalue weighted by atomic mass is 10.2. The van der Waals surface area contributed by atoms with Crippen molar-refractivity contribution in [2.24, 2.45) is 0 Å². The lowest BCUT2D eigenvalue weighted by molar-refractivity contribution is -0.00546. The number of carbonyl (C=O) groups is 1. The first-order chi connectivity index (χ1) is 10.6. The molecule has 1 aliphatic rings. The van der Waals surface area contributed by atoms with Crippen LogP contribution < -0.4 is 4.90 Å². The molecule has 2 aromatic heterocycles. The second-order valence-corrected chi connectivity index (χ2v) is 5.49. The maximum absolute atomic E-state index is 12.0. The summed E-state index contributed by atoms with van der Waals surface area (Å²) in [6.45, 7) is 7.74. The molecule has 3 heterocycles. The van der Waals surface area contributed by atoms with E-state index in [0.29, 0.717) is 17.8 Å². The lowest BCUT2D eigenvalue weighted by Crippen LogP contribution is -2.45. The maximum Gasteiger partial charge on any atom is 0.343 e. The molecule has 3 rings (SSSR count). The van der Waals surface area contributed by atoms with E-state index in [1.54, 1.807) is 11.4 Å². The number of anilines is 1. The topological polar surface area (TPSA) is 69.0 Å². The van der Waals surface area contributed by atoms with Crippen molar-refractivity contribution in [2.45, 2.75) is 33.0 Å². The van der Waals surface area contributed by atoms with Gasteiger partial charge in [-0.3, -0.25) is 0 Å². The van der Waals surface area contributed by atoms with Crippen LogP contribution in [0.4, 0.5) is 5.82 Å². The monoisotopic (exact) mass is 304 g/mol. The average Bonchev–Trinajstić information content (AvgIpc) is 2.89. The number of ether oxygens (including phenoxy) is 2. The van der Waals surface area contributed by atoms with Crippen molar-refractivity contribution >= 4 is 17.4 Å². The van der Waals surface area contributed by atoms with E-state index in [0.717, 1.165) is 18.9 Å². The molecule has 1 fully saturated rings. The lowest BCUT2D eigenvalue weighted by Gasteiger charge is -2.36. The van der Waals surface area contributed by atoms with E-state index < -0.39 is 5.97 Å². The van der Waals surface area contributed by atoms with E-state index in [9.17, 15) is 4.79 Å². The van der Waals surface area contributed by atoms with Crippen molar-refractivity contribution in [2.75, 3.05) is 24.6 Å². The van der Waals surface area contributed by atoms with Gasteiger partial charge in [0.05, 0.1) is 25.0 Å². The van der Waals surface area contributed by atoms with Gasteiger partial charge in [-0.15, -0.1) is 0 Å². The quantitative estimate of drug-likeness (QED) is 0.801. The Balaban J connectivity index is 1.94.